The van der Waals surface area contributed by atoms with E-state index in [4.69, 9.17) is 4.74 Å². The van der Waals surface area contributed by atoms with Gasteiger partial charge in [0, 0.05) is 32.6 Å². The van der Waals surface area contributed by atoms with E-state index in [9.17, 15) is 14.0 Å². The Morgan fingerprint density at radius 3 is 2.28 bits per heavy atom. The molecule has 1 fully saturated rings. The van der Waals surface area contributed by atoms with Gasteiger partial charge in [-0.05, 0) is 45.4 Å². The van der Waals surface area contributed by atoms with Crippen LogP contribution in [-0.4, -0.2) is 58.6 Å². The molecule has 1 aliphatic rings. The summed E-state index contributed by atoms with van der Waals surface area (Å²) in [5, 5.41) is 0.824. The number of thiazole rings is 1. The molecule has 8 heteroatoms. The maximum atomic E-state index is 13.1. The molecule has 0 radical (unpaired) electrons. The van der Waals surface area contributed by atoms with Crippen molar-refractivity contribution in [2.75, 3.05) is 26.2 Å². The van der Waals surface area contributed by atoms with Gasteiger partial charge in [0.05, 0.1) is 10.7 Å². The summed E-state index contributed by atoms with van der Waals surface area (Å²) < 4.78 is 18.5. The van der Waals surface area contributed by atoms with Gasteiger partial charge in [0.25, 0.3) is 5.91 Å². The predicted molar refractivity (Wildman–Crippen MR) is 110 cm³/mol. The SMILES string of the molecule is Cc1nc(Cc2ccc(F)cc2)sc1C(=O)N1CCN(C(=O)OC(C)(C)C)CC1. The summed E-state index contributed by atoms with van der Waals surface area (Å²) in [7, 11) is 0. The van der Waals surface area contributed by atoms with Crippen molar-refractivity contribution in [2.24, 2.45) is 0 Å². The number of benzene rings is 1. The molecule has 29 heavy (non-hydrogen) atoms. The monoisotopic (exact) mass is 419 g/mol. The van der Waals surface area contributed by atoms with Crippen molar-refractivity contribution in [3.8, 4) is 0 Å². The Kier molecular flexibility index (Phi) is 6.21. The first-order chi connectivity index (χ1) is 13.6. The van der Waals surface area contributed by atoms with Gasteiger partial charge in [-0.1, -0.05) is 12.1 Å². The van der Waals surface area contributed by atoms with Crippen LogP contribution in [0.1, 0.15) is 46.7 Å². The molecule has 0 atom stereocenters. The van der Waals surface area contributed by atoms with Gasteiger partial charge in [-0.15, -0.1) is 11.3 Å². The fraction of sp³-hybridized carbons (Fsp3) is 0.476. The maximum absolute atomic E-state index is 13.1. The number of aromatic nitrogens is 1. The lowest BCUT2D eigenvalue weighted by atomic mass is 10.1. The number of piperazine rings is 1. The highest BCUT2D eigenvalue weighted by atomic mass is 32.1. The summed E-state index contributed by atoms with van der Waals surface area (Å²) >= 11 is 1.37. The van der Waals surface area contributed by atoms with E-state index in [1.54, 1.807) is 21.9 Å². The van der Waals surface area contributed by atoms with Gasteiger partial charge in [-0.2, -0.15) is 0 Å². The number of hydrogen-bond donors (Lipinski definition) is 0. The van der Waals surface area contributed by atoms with Crippen LogP contribution in [0.4, 0.5) is 9.18 Å². The molecule has 2 heterocycles. The van der Waals surface area contributed by atoms with Crippen molar-refractivity contribution in [3.05, 3.63) is 51.2 Å². The van der Waals surface area contributed by atoms with E-state index in [0.29, 0.717) is 43.2 Å². The molecule has 0 unspecified atom stereocenters. The molecule has 3 rings (SSSR count). The van der Waals surface area contributed by atoms with Gasteiger partial charge in [0.15, 0.2) is 0 Å². The van der Waals surface area contributed by atoms with Crippen LogP contribution in [0.25, 0.3) is 0 Å². The second-order valence-electron chi connectivity index (χ2n) is 8.08. The lowest BCUT2D eigenvalue weighted by molar-refractivity contribution is 0.0141. The van der Waals surface area contributed by atoms with E-state index >= 15 is 0 Å². The van der Waals surface area contributed by atoms with E-state index in [1.807, 2.05) is 27.7 Å². The minimum absolute atomic E-state index is 0.0609. The van der Waals surface area contributed by atoms with Crippen molar-refractivity contribution in [1.82, 2.24) is 14.8 Å². The number of hydrogen-bond acceptors (Lipinski definition) is 5. The molecule has 1 aliphatic heterocycles. The first-order valence-electron chi connectivity index (χ1n) is 9.60. The molecular formula is C21H26FN3O3S. The smallest absolute Gasteiger partial charge is 0.410 e. The van der Waals surface area contributed by atoms with Crippen LogP contribution in [0, 0.1) is 12.7 Å². The van der Waals surface area contributed by atoms with Gasteiger partial charge < -0.3 is 14.5 Å². The fourth-order valence-electron chi connectivity index (χ4n) is 3.07. The Labute approximate surface area is 174 Å². The van der Waals surface area contributed by atoms with Crippen LogP contribution >= 0.6 is 11.3 Å². The number of halogens is 1. The summed E-state index contributed by atoms with van der Waals surface area (Å²) in [5.74, 6) is -0.334. The average molecular weight is 420 g/mol. The molecular weight excluding hydrogens is 393 g/mol. The molecule has 0 aliphatic carbocycles. The van der Waals surface area contributed by atoms with Gasteiger partial charge >= 0.3 is 6.09 Å². The topological polar surface area (TPSA) is 62.7 Å². The van der Waals surface area contributed by atoms with Crippen LogP contribution in [0.2, 0.25) is 0 Å². The summed E-state index contributed by atoms with van der Waals surface area (Å²) in [6, 6.07) is 6.30. The maximum Gasteiger partial charge on any atom is 0.410 e. The lowest BCUT2D eigenvalue weighted by Gasteiger charge is -2.35. The van der Waals surface area contributed by atoms with Gasteiger partial charge in [-0.25, -0.2) is 14.2 Å². The number of carbonyl (C=O) groups is 2. The first-order valence-corrected chi connectivity index (χ1v) is 10.4. The highest BCUT2D eigenvalue weighted by Crippen LogP contribution is 2.23. The Hall–Kier alpha value is -2.48. The molecule has 1 aromatic carbocycles. The highest BCUT2D eigenvalue weighted by molar-refractivity contribution is 7.13. The Morgan fingerprint density at radius 2 is 1.69 bits per heavy atom. The third kappa shape index (κ3) is 5.53. The van der Waals surface area contributed by atoms with Crippen LogP contribution in [0.5, 0.6) is 0 Å². The van der Waals surface area contributed by atoms with E-state index < -0.39 is 5.60 Å². The van der Waals surface area contributed by atoms with Crippen molar-refractivity contribution in [1.29, 1.82) is 0 Å². The quantitative estimate of drug-likeness (QED) is 0.758. The Bertz CT molecular complexity index is 882. The fourth-order valence-corrected chi connectivity index (χ4v) is 4.13. The zero-order chi connectivity index (χ0) is 21.2. The predicted octanol–water partition coefficient (Wildman–Crippen LogP) is 3.87. The molecule has 0 spiro atoms. The molecule has 0 N–H and O–H groups in total. The van der Waals surface area contributed by atoms with Crippen molar-refractivity contribution in [3.63, 3.8) is 0 Å². The number of nitrogens with zero attached hydrogens (tertiary/aromatic N) is 3. The molecule has 156 valence electrons. The number of aryl methyl sites for hydroxylation is 1. The molecule has 0 saturated carbocycles. The van der Waals surface area contributed by atoms with Crippen LogP contribution in [0.15, 0.2) is 24.3 Å². The summed E-state index contributed by atoms with van der Waals surface area (Å²) in [4.78, 5) is 33.7. The molecule has 1 aromatic heterocycles. The third-order valence-corrected chi connectivity index (χ3v) is 5.67. The Balaban J connectivity index is 1.60. The molecule has 6 nitrogen and oxygen atoms in total. The largest absolute Gasteiger partial charge is 0.444 e. The second-order valence-corrected chi connectivity index (χ2v) is 9.17. The summed E-state index contributed by atoms with van der Waals surface area (Å²) in [5.41, 5.74) is 1.11. The van der Waals surface area contributed by atoms with Gasteiger partial charge in [0.2, 0.25) is 0 Å². The van der Waals surface area contributed by atoms with Gasteiger partial charge in [-0.3, -0.25) is 4.79 Å². The number of rotatable bonds is 3. The molecule has 1 saturated heterocycles. The normalized spacial score (nSPS) is 14.8. The number of ether oxygens (including phenoxy) is 1. The molecule has 2 aromatic rings. The average Bonchev–Trinajstić information content (AvgIpc) is 3.02. The van der Waals surface area contributed by atoms with Crippen LogP contribution in [0.3, 0.4) is 0 Å². The van der Waals surface area contributed by atoms with Crippen LogP contribution < -0.4 is 0 Å². The lowest BCUT2D eigenvalue weighted by Crippen LogP contribution is -2.51. The van der Waals surface area contributed by atoms with Gasteiger partial charge in [0.1, 0.15) is 16.3 Å². The third-order valence-electron chi connectivity index (χ3n) is 4.52. The zero-order valence-corrected chi connectivity index (χ0v) is 18.0. The highest BCUT2D eigenvalue weighted by Gasteiger charge is 2.29. The molecule has 0 bridgehead atoms. The minimum Gasteiger partial charge on any atom is -0.444 e. The Morgan fingerprint density at radius 1 is 1.10 bits per heavy atom. The standard InChI is InChI=1S/C21H26FN3O3S/c1-14-18(29-17(23-14)13-15-5-7-16(22)8-6-15)19(26)24-9-11-25(12-10-24)20(27)28-21(2,3)4/h5-8H,9-13H2,1-4H3. The summed E-state index contributed by atoms with van der Waals surface area (Å²) in [6.45, 7) is 9.14. The first kappa shape index (κ1) is 21.2. The van der Waals surface area contributed by atoms with Crippen molar-refractivity contribution >= 4 is 23.3 Å². The van der Waals surface area contributed by atoms with E-state index in [2.05, 4.69) is 4.98 Å². The number of carbonyl (C=O) groups excluding carboxylic acids is 2. The summed E-state index contributed by atoms with van der Waals surface area (Å²) in [6.07, 6.45) is 0.214. The minimum atomic E-state index is -0.537. The van der Waals surface area contributed by atoms with E-state index in [-0.39, 0.29) is 17.8 Å². The number of amides is 2. The molecule has 2 amide bonds. The second kappa shape index (κ2) is 8.49. The van der Waals surface area contributed by atoms with E-state index in [1.165, 1.54) is 23.5 Å². The van der Waals surface area contributed by atoms with Crippen molar-refractivity contribution < 1.29 is 18.7 Å². The van der Waals surface area contributed by atoms with Crippen LogP contribution in [-0.2, 0) is 11.2 Å². The zero-order valence-electron chi connectivity index (χ0n) is 17.2. The van der Waals surface area contributed by atoms with Crippen molar-refractivity contribution in [2.45, 2.75) is 39.7 Å². The van der Waals surface area contributed by atoms with E-state index in [0.717, 1.165) is 10.6 Å².